The Hall–Kier alpha value is -4.35. The molecule has 0 radical (unpaired) electrons. The fourth-order valence-corrected chi connectivity index (χ4v) is 5.60. The molecule has 4 rings (SSSR count). The Bertz CT molecular complexity index is 1630. The zero-order valence-corrected chi connectivity index (χ0v) is 23.0. The summed E-state index contributed by atoms with van der Waals surface area (Å²) < 4.78 is 59.8. The summed E-state index contributed by atoms with van der Waals surface area (Å²) in [7, 11) is -7.64. The molecule has 0 unspecified atom stereocenters. The van der Waals surface area contributed by atoms with Crippen LogP contribution in [0, 0.1) is 0 Å². The van der Waals surface area contributed by atoms with Gasteiger partial charge in [-0.15, -0.1) is 0 Å². The number of carbonyl (C=O) groups excluding carboxylic acids is 1. The molecule has 0 atom stereocenters. The monoisotopic (exact) mass is 580 g/mol. The molecule has 0 fully saturated rings. The van der Waals surface area contributed by atoms with E-state index in [2.05, 4.69) is 10.6 Å². The van der Waals surface area contributed by atoms with Gasteiger partial charge in [0.05, 0.1) is 11.5 Å². The zero-order valence-electron chi connectivity index (χ0n) is 21.4. The molecule has 0 bridgehead atoms. The van der Waals surface area contributed by atoms with Crippen LogP contribution in [0.1, 0.15) is 11.1 Å². The number of hydrogen-bond donors (Lipinski definition) is 2. The van der Waals surface area contributed by atoms with Crippen LogP contribution in [0.25, 0.3) is 0 Å². The van der Waals surface area contributed by atoms with Gasteiger partial charge in [-0.3, -0.25) is 0 Å². The molecule has 2 N–H and O–H groups in total. The number of hydrogen-bond acceptors (Lipinski definition) is 7. The number of benzene rings is 4. The Morgan fingerprint density at radius 2 is 1.05 bits per heavy atom. The van der Waals surface area contributed by atoms with Gasteiger partial charge >= 0.3 is 26.3 Å². The van der Waals surface area contributed by atoms with E-state index in [9.17, 15) is 21.6 Å². The summed E-state index contributed by atoms with van der Waals surface area (Å²) in [6.07, 6.45) is 0.641. The summed E-state index contributed by atoms with van der Waals surface area (Å²) in [5.41, 5.74) is 2.48. The molecule has 0 aromatic heterocycles. The molecule has 11 heteroatoms. The Kier molecular flexibility index (Phi) is 9.41. The van der Waals surface area contributed by atoms with Crippen LogP contribution in [-0.2, 0) is 33.1 Å². The van der Waals surface area contributed by atoms with Crippen LogP contribution in [0.2, 0.25) is 0 Å². The summed E-state index contributed by atoms with van der Waals surface area (Å²) >= 11 is 0. The molecule has 4 aromatic rings. The first-order chi connectivity index (χ1) is 19.2. The van der Waals surface area contributed by atoms with Gasteiger partial charge < -0.3 is 19.0 Å². The van der Waals surface area contributed by atoms with Crippen LogP contribution in [-0.4, -0.2) is 34.4 Å². The van der Waals surface area contributed by atoms with Gasteiger partial charge in [-0.2, -0.15) is 16.8 Å². The SMILES string of the molecule is O=C(Nc1ccc(OS(=O)(=O)CCc2ccccc2)cc1)Nc1cccc(OS(=O)(=O)CCc2ccccc2)c1. The van der Waals surface area contributed by atoms with Crippen molar-refractivity contribution in [3.63, 3.8) is 0 Å². The van der Waals surface area contributed by atoms with E-state index < -0.39 is 26.3 Å². The minimum Gasteiger partial charge on any atom is -0.382 e. The molecule has 2 amide bonds. The second kappa shape index (κ2) is 13.1. The number of nitrogens with one attached hydrogen (secondary N) is 2. The first-order valence-electron chi connectivity index (χ1n) is 12.4. The molecule has 0 saturated heterocycles. The largest absolute Gasteiger partial charge is 0.382 e. The second-order valence-corrected chi connectivity index (χ2v) is 12.2. The lowest BCUT2D eigenvalue weighted by atomic mass is 10.2. The topological polar surface area (TPSA) is 128 Å². The number of anilines is 2. The standard InChI is InChI=1S/C29H28N2O7S2/c32-29(30-25-14-16-27(17-15-25)37-39(33,34)20-18-23-8-3-1-4-9-23)31-26-12-7-13-28(22-26)38-40(35,36)21-19-24-10-5-2-6-11-24/h1-17,22H,18-21H2,(H2,30,31,32). The third-order valence-corrected chi connectivity index (χ3v) is 7.92. The summed E-state index contributed by atoms with van der Waals surface area (Å²) in [5, 5.41) is 5.23. The number of rotatable bonds is 12. The summed E-state index contributed by atoms with van der Waals surface area (Å²) in [4.78, 5) is 12.5. The zero-order chi connectivity index (χ0) is 28.4. The van der Waals surface area contributed by atoms with E-state index in [-0.39, 0.29) is 23.0 Å². The number of carbonyl (C=O) groups is 1. The molecule has 0 aliphatic carbocycles. The quantitative estimate of drug-likeness (QED) is 0.220. The lowest BCUT2D eigenvalue weighted by Crippen LogP contribution is -2.20. The predicted molar refractivity (Wildman–Crippen MR) is 155 cm³/mol. The van der Waals surface area contributed by atoms with E-state index >= 15 is 0 Å². The van der Waals surface area contributed by atoms with Gasteiger partial charge in [0, 0.05) is 17.4 Å². The molecule has 0 spiro atoms. The Morgan fingerprint density at radius 1 is 0.550 bits per heavy atom. The summed E-state index contributed by atoms with van der Waals surface area (Å²) in [6.45, 7) is 0. The number of amides is 2. The van der Waals surface area contributed by atoms with Crippen molar-refractivity contribution >= 4 is 37.6 Å². The van der Waals surface area contributed by atoms with Crippen molar-refractivity contribution in [2.45, 2.75) is 12.8 Å². The molecule has 9 nitrogen and oxygen atoms in total. The van der Waals surface area contributed by atoms with Crippen LogP contribution in [0.5, 0.6) is 11.5 Å². The third-order valence-electron chi connectivity index (χ3n) is 5.62. The number of urea groups is 1. The van der Waals surface area contributed by atoms with Crippen molar-refractivity contribution in [3.8, 4) is 11.5 Å². The highest BCUT2D eigenvalue weighted by atomic mass is 32.2. The molecule has 0 aliphatic heterocycles. The van der Waals surface area contributed by atoms with Gasteiger partial charge in [0.15, 0.2) is 0 Å². The highest BCUT2D eigenvalue weighted by Gasteiger charge is 2.15. The normalized spacial score (nSPS) is 11.4. The average molecular weight is 581 g/mol. The van der Waals surface area contributed by atoms with Crippen LogP contribution in [0.4, 0.5) is 16.2 Å². The van der Waals surface area contributed by atoms with Gasteiger partial charge in [0.25, 0.3) is 0 Å². The molecule has 40 heavy (non-hydrogen) atoms. The maximum Gasteiger partial charge on any atom is 0.323 e. The van der Waals surface area contributed by atoms with Gasteiger partial charge in [-0.25, -0.2) is 4.79 Å². The average Bonchev–Trinajstić information content (AvgIpc) is 2.93. The molecule has 208 valence electrons. The van der Waals surface area contributed by atoms with Crippen molar-refractivity contribution < 1.29 is 30.0 Å². The highest BCUT2D eigenvalue weighted by molar-refractivity contribution is 7.87. The first kappa shape index (κ1) is 28.7. The van der Waals surface area contributed by atoms with E-state index in [0.717, 1.165) is 11.1 Å². The Balaban J connectivity index is 1.27. The fraction of sp³-hybridized carbons (Fsp3) is 0.138. The minimum absolute atomic E-state index is 0.0702. The molecular formula is C29H28N2O7S2. The van der Waals surface area contributed by atoms with Crippen LogP contribution in [0.15, 0.2) is 109 Å². The first-order valence-corrected chi connectivity index (χ1v) is 15.5. The van der Waals surface area contributed by atoms with E-state index in [4.69, 9.17) is 8.37 Å². The van der Waals surface area contributed by atoms with Gasteiger partial charge in [0.2, 0.25) is 0 Å². The van der Waals surface area contributed by atoms with Gasteiger partial charge in [0.1, 0.15) is 11.5 Å². The van der Waals surface area contributed by atoms with Crippen molar-refractivity contribution in [2.24, 2.45) is 0 Å². The van der Waals surface area contributed by atoms with E-state index in [1.54, 1.807) is 12.1 Å². The summed E-state index contributed by atoms with van der Waals surface area (Å²) in [6, 6.07) is 29.8. The predicted octanol–water partition coefficient (Wildman–Crippen LogP) is 5.23. The molecular weight excluding hydrogens is 552 g/mol. The van der Waals surface area contributed by atoms with Crippen molar-refractivity contribution in [3.05, 3.63) is 120 Å². The van der Waals surface area contributed by atoms with Crippen LogP contribution < -0.4 is 19.0 Å². The lowest BCUT2D eigenvalue weighted by Gasteiger charge is -2.11. The van der Waals surface area contributed by atoms with E-state index in [0.29, 0.717) is 24.2 Å². The molecule has 0 saturated carbocycles. The van der Waals surface area contributed by atoms with E-state index in [1.807, 2.05) is 60.7 Å². The molecule has 0 heterocycles. The van der Waals surface area contributed by atoms with Crippen molar-refractivity contribution in [2.75, 3.05) is 22.1 Å². The van der Waals surface area contributed by atoms with Crippen LogP contribution in [0.3, 0.4) is 0 Å². The van der Waals surface area contributed by atoms with Crippen LogP contribution >= 0.6 is 0 Å². The Morgan fingerprint density at radius 3 is 1.60 bits per heavy atom. The minimum atomic E-state index is -3.84. The number of aryl methyl sites for hydroxylation is 2. The lowest BCUT2D eigenvalue weighted by molar-refractivity contribution is 0.262. The van der Waals surface area contributed by atoms with Crippen molar-refractivity contribution in [1.29, 1.82) is 0 Å². The van der Waals surface area contributed by atoms with Crippen molar-refractivity contribution in [1.82, 2.24) is 0 Å². The smallest absolute Gasteiger partial charge is 0.323 e. The fourth-order valence-electron chi connectivity index (χ4n) is 3.66. The third kappa shape index (κ3) is 9.44. The van der Waals surface area contributed by atoms with Gasteiger partial charge in [-0.05, 0) is 60.4 Å². The van der Waals surface area contributed by atoms with Gasteiger partial charge in [-0.1, -0.05) is 66.7 Å². The molecule has 0 aliphatic rings. The maximum absolute atomic E-state index is 12.5. The van der Waals surface area contributed by atoms with E-state index in [1.165, 1.54) is 36.4 Å². The Labute approximate surface area is 234 Å². The maximum atomic E-state index is 12.5. The second-order valence-electron chi connectivity index (χ2n) is 8.79. The summed E-state index contributed by atoms with van der Waals surface area (Å²) in [5.74, 6) is -0.169. The molecule has 4 aromatic carbocycles. The highest BCUT2D eigenvalue weighted by Crippen LogP contribution is 2.21.